The van der Waals surface area contributed by atoms with Crippen LogP contribution in [-0.2, 0) is 9.59 Å². The molecule has 0 aliphatic heterocycles. The normalized spacial score (nSPS) is 10.3. The van der Waals surface area contributed by atoms with E-state index < -0.39 is 25.0 Å². The van der Waals surface area contributed by atoms with Crippen molar-refractivity contribution in [2.75, 3.05) is 25.1 Å². The molecule has 7 nitrogen and oxygen atoms in total. The van der Waals surface area contributed by atoms with E-state index in [0.29, 0.717) is 17.1 Å². The number of nitrogens with zero attached hydrogens (tertiary/aromatic N) is 2. The predicted octanol–water partition coefficient (Wildman–Crippen LogP) is 1.22. The maximum atomic E-state index is 10.9. The lowest BCUT2D eigenvalue weighted by molar-refractivity contribution is -0.136. The molecule has 2 aromatic rings. The van der Waals surface area contributed by atoms with E-state index in [1.807, 2.05) is 6.07 Å². The summed E-state index contributed by atoms with van der Waals surface area (Å²) in [4.78, 5) is 27.4. The molecule has 0 radical (unpaired) electrons. The molecule has 0 aliphatic carbocycles. The van der Waals surface area contributed by atoms with Gasteiger partial charge in [0, 0.05) is 11.5 Å². The zero-order chi connectivity index (χ0) is 15.4. The first kappa shape index (κ1) is 14.6. The van der Waals surface area contributed by atoms with Crippen LogP contribution in [0.2, 0.25) is 0 Å². The number of benzene rings is 1. The number of rotatable bonds is 6. The molecule has 110 valence electrons. The van der Waals surface area contributed by atoms with Crippen LogP contribution in [0.15, 0.2) is 30.3 Å². The molecule has 0 amide bonds. The Balaban J connectivity index is 2.54. The van der Waals surface area contributed by atoms with Crippen LogP contribution >= 0.6 is 0 Å². The maximum absolute atomic E-state index is 10.9. The molecule has 2 N–H and O–H groups in total. The molecule has 1 heterocycles. The number of hydrogen-bond acceptors (Lipinski definition) is 5. The van der Waals surface area contributed by atoms with E-state index in [-0.39, 0.29) is 0 Å². The highest BCUT2D eigenvalue weighted by Gasteiger charge is 2.17. The summed E-state index contributed by atoms with van der Waals surface area (Å²) < 4.78 is 5.06. The molecule has 1 aromatic heterocycles. The third-order valence-corrected chi connectivity index (χ3v) is 2.88. The first-order valence-electron chi connectivity index (χ1n) is 6.13. The Labute approximate surface area is 120 Å². The van der Waals surface area contributed by atoms with Crippen molar-refractivity contribution in [2.45, 2.75) is 0 Å². The fraction of sp³-hybridized carbons (Fsp3) is 0.214. The lowest BCUT2D eigenvalue weighted by Gasteiger charge is -2.22. The van der Waals surface area contributed by atoms with Gasteiger partial charge in [-0.1, -0.05) is 12.1 Å². The number of methoxy groups -OCH3 is 1. The summed E-state index contributed by atoms with van der Waals surface area (Å²) in [5.41, 5.74) is 0.940. The van der Waals surface area contributed by atoms with Crippen molar-refractivity contribution >= 4 is 28.5 Å². The molecule has 21 heavy (non-hydrogen) atoms. The summed E-state index contributed by atoms with van der Waals surface area (Å²) in [5.74, 6) is -1.85. The standard InChI is InChI=1S/C14H14N2O5/c1-21-11-6-5-9-3-2-4-10(14(9)15-11)16(7-12(17)18)8-13(19)20/h2-6H,7-8H2,1H3,(H,17,18)(H,19,20). The first-order valence-corrected chi connectivity index (χ1v) is 6.13. The summed E-state index contributed by atoms with van der Waals surface area (Å²) in [7, 11) is 1.48. The van der Waals surface area contributed by atoms with Gasteiger partial charge < -0.3 is 19.8 Å². The number of aliphatic carboxylic acids is 2. The van der Waals surface area contributed by atoms with Crippen LogP contribution in [0.5, 0.6) is 5.88 Å². The lowest BCUT2D eigenvalue weighted by Crippen LogP contribution is -2.34. The number of pyridine rings is 1. The highest BCUT2D eigenvalue weighted by atomic mass is 16.5. The van der Waals surface area contributed by atoms with Gasteiger partial charge in [-0.2, -0.15) is 0 Å². The quantitative estimate of drug-likeness (QED) is 0.825. The van der Waals surface area contributed by atoms with Crippen LogP contribution in [0, 0.1) is 0 Å². The molecule has 7 heteroatoms. The minimum Gasteiger partial charge on any atom is -0.481 e. The predicted molar refractivity (Wildman–Crippen MR) is 75.8 cm³/mol. The molecule has 0 unspecified atom stereocenters. The van der Waals surface area contributed by atoms with Gasteiger partial charge in [0.2, 0.25) is 5.88 Å². The van der Waals surface area contributed by atoms with E-state index >= 15 is 0 Å². The van der Waals surface area contributed by atoms with Gasteiger partial charge in [-0.05, 0) is 12.1 Å². The Kier molecular flexibility index (Phi) is 4.22. The monoisotopic (exact) mass is 290 g/mol. The molecule has 0 fully saturated rings. The molecule has 0 saturated heterocycles. The third-order valence-electron chi connectivity index (χ3n) is 2.88. The first-order chi connectivity index (χ1) is 10.0. The number of hydrogen-bond donors (Lipinski definition) is 2. The zero-order valence-corrected chi connectivity index (χ0v) is 11.3. The topological polar surface area (TPSA) is 100.0 Å². The largest absolute Gasteiger partial charge is 0.481 e. The van der Waals surface area contributed by atoms with Gasteiger partial charge >= 0.3 is 11.9 Å². The molecule has 0 saturated carbocycles. The van der Waals surface area contributed by atoms with Crippen LogP contribution in [0.25, 0.3) is 10.9 Å². The highest BCUT2D eigenvalue weighted by molar-refractivity contribution is 5.94. The molecule has 2 rings (SSSR count). The van der Waals surface area contributed by atoms with Crippen molar-refractivity contribution in [1.29, 1.82) is 0 Å². The van der Waals surface area contributed by atoms with E-state index in [1.165, 1.54) is 12.0 Å². The van der Waals surface area contributed by atoms with Gasteiger partial charge in [-0.25, -0.2) is 4.98 Å². The number of carbonyl (C=O) groups is 2. The van der Waals surface area contributed by atoms with Crippen molar-refractivity contribution in [3.8, 4) is 5.88 Å². The Bertz CT molecular complexity index is 670. The van der Waals surface area contributed by atoms with Gasteiger partial charge in [0.05, 0.1) is 18.3 Å². The van der Waals surface area contributed by atoms with Gasteiger partial charge in [0.1, 0.15) is 13.1 Å². The number of aromatic nitrogens is 1. The van der Waals surface area contributed by atoms with Crippen molar-refractivity contribution in [3.63, 3.8) is 0 Å². The summed E-state index contributed by atoms with van der Waals surface area (Å²) >= 11 is 0. The number of anilines is 1. The van der Waals surface area contributed by atoms with Crippen molar-refractivity contribution in [3.05, 3.63) is 30.3 Å². The lowest BCUT2D eigenvalue weighted by atomic mass is 10.1. The second-order valence-corrected chi connectivity index (χ2v) is 4.35. The molecule has 1 aromatic carbocycles. The number of ether oxygens (including phenoxy) is 1. The van der Waals surface area contributed by atoms with Gasteiger partial charge in [0.15, 0.2) is 0 Å². The Morgan fingerprint density at radius 2 is 1.81 bits per heavy atom. The fourth-order valence-corrected chi connectivity index (χ4v) is 2.04. The van der Waals surface area contributed by atoms with Crippen molar-refractivity contribution < 1.29 is 24.5 Å². The number of para-hydroxylation sites is 1. The molecule has 0 spiro atoms. The zero-order valence-electron chi connectivity index (χ0n) is 11.3. The molecule has 0 atom stereocenters. The summed E-state index contributed by atoms with van der Waals surface area (Å²) in [6, 6.07) is 8.64. The van der Waals surface area contributed by atoms with E-state index in [0.717, 1.165) is 5.39 Å². The van der Waals surface area contributed by atoms with E-state index in [9.17, 15) is 9.59 Å². The average Bonchev–Trinajstić information content (AvgIpc) is 2.44. The number of carboxylic acid groups (broad SMARTS) is 2. The molecule has 0 bridgehead atoms. The Morgan fingerprint density at radius 1 is 1.14 bits per heavy atom. The van der Waals surface area contributed by atoms with E-state index in [2.05, 4.69) is 4.98 Å². The van der Waals surface area contributed by atoms with Crippen LogP contribution < -0.4 is 9.64 Å². The van der Waals surface area contributed by atoms with Gasteiger partial charge in [-0.3, -0.25) is 9.59 Å². The molecule has 0 aliphatic rings. The highest BCUT2D eigenvalue weighted by Crippen LogP contribution is 2.27. The van der Waals surface area contributed by atoms with Crippen LogP contribution in [0.4, 0.5) is 5.69 Å². The average molecular weight is 290 g/mol. The number of fused-ring (bicyclic) bond motifs is 1. The maximum Gasteiger partial charge on any atom is 0.323 e. The van der Waals surface area contributed by atoms with E-state index in [4.69, 9.17) is 14.9 Å². The second kappa shape index (κ2) is 6.08. The Morgan fingerprint density at radius 3 is 2.38 bits per heavy atom. The molecular weight excluding hydrogens is 276 g/mol. The SMILES string of the molecule is COc1ccc2cccc(N(CC(=O)O)CC(=O)O)c2n1. The summed E-state index contributed by atoms with van der Waals surface area (Å²) in [6.45, 7) is -0.853. The van der Waals surface area contributed by atoms with E-state index in [1.54, 1.807) is 24.3 Å². The summed E-state index contributed by atoms with van der Waals surface area (Å²) in [5, 5.41) is 18.7. The minimum atomic E-state index is -1.11. The van der Waals surface area contributed by atoms with Crippen molar-refractivity contribution in [1.82, 2.24) is 4.98 Å². The fourth-order valence-electron chi connectivity index (χ4n) is 2.04. The van der Waals surface area contributed by atoms with Crippen molar-refractivity contribution in [2.24, 2.45) is 0 Å². The number of carboxylic acids is 2. The van der Waals surface area contributed by atoms with Crippen LogP contribution in [0.1, 0.15) is 0 Å². The van der Waals surface area contributed by atoms with Crippen LogP contribution in [0.3, 0.4) is 0 Å². The smallest absolute Gasteiger partial charge is 0.323 e. The third kappa shape index (κ3) is 3.38. The second-order valence-electron chi connectivity index (χ2n) is 4.35. The van der Waals surface area contributed by atoms with Gasteiger partial charge in [-0.15, -0.1) is 0 Å². The summed E-state index contributed by atoms with van der Waals surface area (Å²) in [6.07, 6.45) is 0. The molecular formula is C14H14N2O5. The van der Waals surface area contributed by atoms with Crippen LogP contribution in [-0.4, -0.2) is 47.3 Å². The Hall–Kier alpha value is -2.83. The van der Waals surface area contributed by atoms with Gasteiger partial charge in [0.25, 0.3) is 0 Å². The minimum absolute atomic E-state index is 0.376.